The van der Waals surface area contributed by atoms with Crippen molar-refractivity contribution in [3.8, 4) is 5.75 Å². The second-order valence-corrected chi connectivity index (χ2v) is 6.67. The molecule has 2 aromatic rings. The van der Waals surface area contributed by atoms with Crippen LogP contribution in [0.2, 0.25) is 10.0 Å². The molecule has 0 unspecified atom stereocenters. The van der Waals surface area contributed by atoms with Crippen LogP contribution in [-0.4, -0.2) is 28.1 Å². The number of nitrogens with zero attached hydrogens (tertiary/aromatic N) is 1. The minimum absolute atomic E-state index is 0.0577. The highest BCUT2D eigenvalue weighted by atomic mass is 35.5. The minimum Gasteiger partial charge on any atom is -0.490 e. The number of carbonyl (C=O) groups is 1. The molecule has 0 bridgehead atoms. The Hall–Kier alpha value is -2.35. The van der Waals surface area contributed by atoms with E-state index in [1.165, 1.54) is 37.3 Å². The summed E-state index contributed by atoms with van der Waals surface area (Å²) in [6.45, 7) is 2.51. The van der Waals surface area contributed by atoms with E-state index in [4.69, 9.17) is 27.9 Å². The lowest BCUT2D eigenvalue weighted by Gasteiger charge is -2.22. The molecule has 0 heterocycles. The number of amides is 1. The first-order valence-corrected chi connectivity index (χ1v) is 8.22. The van der Waals surface area contributed by atoms with E-state index in [0.717, 1.165) is 0 Å². The van der Waals surface area contributed by atoms with Crippen LogP contribution < -0.4 is 10.1 Å². The fourth-order valence-corrected chi connectivity index (χ4v) is 2.35. The molecule has 9 heteroatoms. The first-order valence-electron chi connectivity index (χ1n) is 7.47. The summed E-state index contributed by atoms with van der Waals surface area (Å²) in [4.78, 5) is 22.6. The average Bonchev–Trinajstić information content (AvgIpc) is 2.55. The number of aliphatic hydroxyl groups is 1. The number of rotatable bonds is 6. The number of hydrogen-bond donors (Lipinski definition) is 2. The second kappa shape index (κ2) is 7.90. The molecule has 2 aromatic carbocycles. The maximum atomic E-state index is 12.3. The van der Waals surface area contributed by atoms with E-state index in [-0.39, 0.29) is 17.3 Å². The number of halogens is 2. The van der Waals surface area contributed by atoms with Gasteiger partial charge in [0.2, 0.25) is 0 Å². The van der Waals surface area contributed by atoms with Gasteiger partial charge in [-0.3, -0.25) is 14.9 Å². The Morgan fingerprint density at radius 3 is 2.54 bits per heavy atom. The van der Waals surface area contributed by atoms with Crippen molar-refractivity contribution in [2.24, 2.45) is 0 Å². The van der Waals surface area contributed by atoms with Crippen molar-refractivity contribution in [2.45, 2.75) is 19.4 Å². The minimum atomic E-state index is -1.85. The van der Waals surface area contributed by atoms with Crippen molar-refractivity contribution >= 4 is 40.5 Å². The van der Waals surface area contributed by atoms with Crippen molar-refractivity contribution in [1.29, 1.82) is 0 Å². The molecule has 0 saturated carbocycles. The maximum absolute atomic E-state index is 12.3. The zero-order chi connectivity index (χ0) is 19.5. The number of nitro benzene ring substituents is 1. The van der Waals surface area contributed by atoms with E-state index < -0.39 is 16.4 Å². The molecule has 138 valence electrons. The average molecular weight is 399 g/mol. The molecule has 7 nitrogen and oxygen atoms in total. The molecule has 0 aliphatic rings. The van der Waals surface area contributed by atoms with Crippen molar-refractivity contribution in [2.75, 3.05) is 11.9 Å². The summed E-state index contributed by atoms with van der Waals surface area (Å²) >= 11 is 11.7. The Bertz CT molecular complexity index is 855. The Kier molecular flexibility index (Phi) is 6.07. The van der Waals surface area contributed by atoms with Crippen molar-refractivity contribution in [3.05, 3.63) is 62.1 Å². The van der Waals surface area contributed by atoms with Gasteiger partial charge in [0.15, 0.2) is 5.60 Å². The van der Waals surface area contributed by atoms with Gasteiger partial charge in [0.25, 0.3) is 11.6 Å². The fraction of sp³-hybridized carbons (Fsp3) is 0.235. The highest BCUT2D eigenvalue weighted by Crippen LogP contribution is 2.27. The van der Waals surface area contributed by atoms with Gasteiger partial charge in [0, 0.05) is 23.4 Å². The van der Waals surface area contributed by atoms with Crippen LogP contribution in [0.1, 0.15) is 12.5 Å². The van der Waals surface area contributed by atoms with E-state index >= 15 is 0 Å². The smallest absolute Gasteiger partial charge is 0.272 e. The van der Waals surface area contributed by atoms with Gasteiger partial charge in [0.1, 0.15) is 12.4 Å². The Labute approximate surface area is 159 Å². The molecule has 2 rings (SSSR count). The first kappa shape index (κ1) is 20.0. The summed E-state index contributed by atoms with van der Waals surface area (Å²) in [5.41, 5.74) is -1.19. The highest BCUT2D eigenvalue weighted by molar-refractivity contribution is 6.42. The quantitative estimate of drug-likeness (QED) is 0.565. The number of nitro groups is 1. The van der Waals surface area contributed by atoms with E-state index in [2.05, 4.69) is 5.32 Å². The number of carbonyl (C=O) groups excluding carboxylic acids is 1. The lowest BCUT2D eigenvalue weighted by atomic mass is 10.1. The lowest BCUT2D eigenvalue weighted by molar-refractivity contribution is -0.385. The third kappa shape index (κ3) is 4.85. The molecule has 0 saturated heterocycles. The molecule has 1 amide bonds. The highest BCUT2D eigenvalue weighted by Gasteiger charge is 2.31. The van der Waals surface area contributed by atoms with Gasteiger partial charge in [0.05, 0.1) is 15.0 Å². The number of aryl methyl sites for hydroxylation is 1. The largest absolute Gasteiger partial charge is 0.490 e. The molecule has 26 heavy (non-hydrogen) atoms. The normalized spacial score (nSPS) is 13.0. The molecule has 0 fully saturated rings. The molecule has 0 radical (unpaired) electrons. The summed E-state index contributed by atoms with van der Waals surface area (Å²) in [7, 11) is 0. The van der Waals surface area contributed by atoms with Crippen LogP contribution in [0.4, 0.5) is 11.4 Å². The van der Waals surface area contributed by atoms with Crippen LogP contribution in [0.3, 0.4) is 0 Å². The number of anilines is 1. The van der Waals surface area contributed by atoms with Crippen LogP contribution in [0, 0.1) is 17.0 Å². The van der Waals surface area contributed by atoms with Crippen LogP contribution in [0.25, 0.3) is 0 Å². The van der Waals surface area contributed by atoms with Crippen LogP contribution in [-0.2, 0) is 4.79 Å². The first-order chi connectivity index (χ1) is 12.1. The third-order valence-electron chi connectivity index (χ3n) is 3.55. The molecule has 0 spiro atoms. The number of nitrogens with one attached hydrogen (secondary N) is 1. The number of ether oxygens (including phenoxy) is 1. The van der Waals surface area contributed by atoms with E-state index in [1.54, 1.807) is 13.0 Å². The van der Waals surface area contributed by atoms with Gasteiger partial charge in [-0.15, -0.1) is 0 Å². The van der Waals surface area contributed by atoms with E-state index in [0.29, 0.717) is 22.0 Å². The zero-order valence-corrected chi connectivity index (χ0v) is 15.5. The summed E-state index contributed by atoms with van der Waals surface area (Å²) in [5.74, 6) is -0.371. The summed E-state index contributed by atoms with van der Waals surface area (Å²) in [6, 6.07) is 8.68. The summed E-state index contributed by atoms with van der Waals surface area (Å²) in [5, 5.41) is 24.3. The third-order valence-corrected chi connectivity index (χ3v) is 4.29. The molecule has 1 atom stereocenters. The van der Waals surface area contributed by atoms with Gasteiger partial charge >= 0.3 is 0 Å². The van der Waals surface area contributed by atoms with Crippen LogP contribution in [0.15, 0.2) is 36.4 Å². The Morgan fingerprint density at radius 1 is 1.27 bits per heavy atom. The monoisotopic (exact) mass is 398 g/mol. The Balaban J connectivity index is 2.03. The van der Waals surface area contributed by atoms with Gasteiger partial charge in [-0.25, -0.2) is 0 Å². The van der Waals surface area contributed by atoms with Gasteiger partial charge in [-0.05, 0) is 38.1 Å². The van der Waals surface area contributed by atoms with Crippen molar-refractivity contribution < 1.29 is 19.6 Å². The second-order valence-electron chi connectivity index (χ2n) is 5.85. The van der Waals surface area contributed by atoms with Crippen molar-refractivity contribution in [1.82, 2.24) is 0 Å². The maximum Gasteiger partial charge on any atom is 0.272 e. The molecular formula is C17H16Cl2N2O5. The topological polar surface area (TPSA) is 102 Å². The molecular weight excluding hydrogens is 383 g/mol. The molecule has 0 aliphatic heterocycles. The van der Waals surface area contributed by atoms with Crippen LogP contribution in [0.5, 0.6) is 5.75 Å². The lowest BCUT2D eigenvalue weighted by Crippen LogP contribution is -2.45. The SMILES string of the molecule is Cc1cc(NC(=O)[C@@](C)(O)COc2ccc(Cl)c(Cl)c2)ccc1[N+](=O)[O-]. The Morgan fingerprint density at radius 2 is 1.96 bits per heavy atom. The molecule has 0 aliphatic carbocycles. The number of benzene rings is 2. The van der Waals surface area contributed by atoms with Crippen molar-refractivity contribution in [3.63, 3.8) is 0 Å². The number of hydrogen-bond acceptors (Lipinski definition) is 5. The summed E-state index contributed by atoms with van der Waals surface area (Å²) < 4.78 is 5.40. The van der Waals surface area contributed by atoms with Gasteiger partial charge in [-0.2, -0.15) is 0 Å². The summed E-state index contributed by atoms with van der Waals surface area (Å²) in [6.07, 6.45) is 0. The zero-order valence-electron chi connectivity index (χ0n) is 14.0. The standard InChI is InChI=1S/C17H16Cl2N2O5/c1-10-7-11(3-6-15(10)21(24)25)20-16(22)17(2,23)9-26-12-4-5-13(18)14(19)8-12/h3-8,23H,9H2,1-2H3,(H,20,22)/t17-/m0/s1. The fourth-order valence-electron chi connectivity index (χ4n) is 2.06. The molecule has 0 aromatic heterocycles. The van der Waals surface area contributed by atoms with E-state index in [9.17, 15) is 20.0 Å². The predicted molar refractivity (Wildman–Crippen MR) is 99.0 cm³/mol. The molecule has 2 N–H and O–H groups in total. The van der Waals surface area contributed by atoms with Gasteiger partial charge in [-0.1, -0.05) is 23.2 Å². The predicted octanol–water partition coefficient (Wildman–Crippen LogP) is 3.98. The van der Waals surface area contributed by atoms with Gasteiger partial charge < -0.3 is 15.2 Å². The van der Waals surface area contributed by atoms with Crippen LogP contribution >= 0.6 is 23.2 Å². The van der Waals surface area contributed by atoms with E-state index in [1.807, 2.05) is 0 Å².